The zero-order valence-corrected chi connectivity index (χ0v) is 78.0. The second kappa shape index (κ2) is 52.8. The molecule has 2 aliphatic heterocycles. The van der Waals surface area contributed by atoms with Crippen molar-refractivity contribution in [2.45, 2.75) is 258 Å². The van der Waals surface area contributed by atoms with E-state index in [1.54, 1.807) is 122 Å². The number of hydrogen-bond donors (Lipinski definition) is 13. The number of ether oxygens (including phenoxy) is 4. The number of carbonyl (C=O) groups excluding carboxylic acids is 14. The van der Waals surface area contributed by atoms with Gasteiger partial charge in [0.05, 0.1) is 48.8 Å². The minimum Gasteiger partial charge on any atom is -0.480 e. The number of anilines is 1. The number of aliphatic carboxylic acids is 1. The number of aliphatic hydroxyl groups is 1. The van der Waals surface area contributed by atoms with Gasteiger partial charge >= 0.3 is 30.2 Å². The molecular formula is C94H139N15O21. The number of methoxy groups -OCH3 is 2. The summed E-state index contributed by atoms with van der Waals surface area (Å²) in [4.78, 5) is 201. The molecule has 15 N–H and O–H groups in total. The number of likely N-dealkylation sites (N-methyl/N-ethyl adjacent to an activating group) is 2. The van der Waals surface area contributed by atoms with Crippen LogP contribution in [0.2, 0.25) is 0 Å². The summed E-state index contributed by atoms with van der Waals surface area (Å²) in [5.41, 5.74) is 16.1. The highest BCUT2D eigenvalue weighted by Gasteiger charge is 2.45. The first-order valence-corrected chi connectivity index (χ1v) is 45.1. The lowest BCUT2D eigenvalue weighted by Gasteiger charge is -2.41. The lowest BCUT2D eigenvalue weighted by atomic mass is 9.89. The number of fused-ring (bicyclic) bond motifs is 3. The van der Waals surface area contributed by atoms with Crippen molar-refractivity contribution < 1.29 is 101 Å². The van der Waals surface area contributed by atoms with Gasteiger partial charge in [-0.1, -0.05) is 180 Å². The number of hydrogen-bond acceptors (Lipinski definition) is 20. The minimum absolute atomic E-state index is 0.0805. The molecule has 16 amide bonds. The summed E-state index contributed by atoms with van der Waals surface area (Å²) < 4.78 is 23.3. The number of nitrogens with two attached hydrogens (primary N) is 2. The first-order valence-electron chi connectivity index (χ1n) is 45.1. The summed E-state index contributed by atoms with van der Waals surface area (Å²) in [6.45, 7) is 22.4. The predicted molar refractivity (Wildman–Crippen MR) is 487 cm³/mol. The Hall–Kier alpha value is -11.8. The van der Waals surface area contributed by atoms with Gasteiger partial charge in [0.15, 0.2) is 0 Å². The third-order valence-electron chi connectivity index (χ3n) is 24.1. The maximum Gasteiger partial charge on any atom is 0.410 e. The Morgan fingerprint density at radius 1 is 0.569 bits per heavy atom. The lowest BCUT2D eigenvalue weighted by Crippen LogP contribution is -2.60. The number of likely N-dealkylation sites (tertiary alicyclic amines) is 2. The van der Waals surface area contributed by atoms with Gasteiger partial charge in [0.1, 0.15) is 49.5 Å². The predicted octanol–water partition coefficient (Wildman–Crippen LogP) is 7.87. The highest BCUT2D eigenvalue weighted by atomic mass is 16.6. The fourth-order valence-electron chi connectivity index (χ4n) is 16.6. The number of carboxylic acids is 1. The molecule has 4 aromatic rings. The topological polar surface area (TPSA) is 507 Å². The van der Waals surface area contributed by atoms with Crippen LogP contribution in [0.4, 0.5) is 24.9 Å². The van der Waals surface area contributed by atoms with Gasteiger partial charge < -0.3 is 98.3 Å². The fraction of sp³-hybridized carbons (Fsp3) is 0.585. The molecule has 0 radical (unpaired) electrons. The standard InChI is InChI=1S/C68H107N11O15.C26H32N4O6/c1-15-43(8)59(51(92-13)38-55(83)78-37-23-27-50(78)61(93-14)44(9)62(85)71-45(10)60(84)47-24-18-16-19-25-47)76(11)66(89)57(41(4)5)75-65(88)58(42(6)7)77(12)68(91)94-39-46-29-31-48(32-30-46)72-63(86)49(26-22-35-70-67(69)90)73-64(87)56(40(2)3)74-52(80)28-20-17-21-36-79-53(81)33-34-54(79)82;1-15(2)22(23(31)29-21(24(32)33)12-7-13-28-25(27)34)30-26(35)36-14-20-18-10-5-3-8-16(18)17-9-4-6-11-19(17)20/h16,18-19,24-25,29-32,40-45,49-51,56-61,84H,15,17,20-23,26-28,33-39H2,1-14H3,(H,71,85)(H,72,86)(H,73,87)(H,74,80)(H,75,88)(H3,69,70,90);3-6,8-11,15,20-22H,7,12-14H2,1-2H3,(H,29,31)(H,30,35)(H,32,33)(H3,27,28,34)/t43-,44+,45+,49-,50-,51+,56-,57-,58-,59-,60+,61+;21-,22-/m00/s1. The summed E-state index contributed by atoms with van der Waals surface area (Å²) in [6, 6.07) is 21.8. The van der Waals surface area contributed by atoms with Crippen LogP contribution in [0.25, 0.3) is 11.1 Å². The maximum absolute atomic E-state index is 14.8. The quantitative estimate of drug-likeness (QED) is 0.0148. The van der Waals surface area contributed by atoms with Gasteiger partial charge in [-0.25, -0.2) is 24.0 Å². The first kappa shape index (κ1) is 107. The summed E-state index contributed by atoms with van der Waals surface area (Å²) in [5.74, 6) is -7.91. The van der Waals surface area contributed by atoms with Crippen molar-refractivity contribution in [3.63, 3.8) is 0 Å². The molecule has 1 aliphatic carbocycles. The van der Waals surface area contributed by atoms with Crippen LogP contribution in [-0.2, 0) is 78.3 Å². The Morgan fingerprint density at radius 2 is 1.12 bits per heavy atom. The number of unbranched alkanes of at least 4 members (excludes halogenated alkanes) is 2. The van der Waals surface area contributed by atoms with E-state index in [2.05, 4.69) is 47.9 Å². The molecule has 7 rings (SSSR count). The second-order valence-electron chi connectivity index (χ2n) is 35.1. The molecule has 36 heteroatoms. The van der Waals surface area contributed by atoms with E-state index < -0.39 is 150 Å². The highest BCUT2D eigenvalue weighted by molar-refractivity contribution is 6.02. The van der Waals surface area contributed by atoms with Crippen LogP contribution in [0.1, 0.15) is 207 Å². The van der Waals surface area contributed by atoms with Gasteiger partial charge in [0, 0.05) is 85.4 Å². The molecular weight excluding hydrogens is 1680 g/mol. The summed E-state index contributed by atoms with van der Waals surface area (Å²) in [6.07, 6.45) is 0.675. The van der Waals surface area contributed by atoms with Crippen molar-refractivity contribution in [3.8, 4) is 11.1 Å². The molecule has 2 saturated heterocycles. The molecule has 0 saturated carbocycles. The van der Waals surface area contributed by atoms with E-state index in [9.17, 15) is 82.1 Å². The van der Waals surface area contributed by atoms with Gasteiger partial charge in [-0.05, 0) is 133 Å². The van der Waals surface area contributed by atoms with E-state index in [1.165, 1.54) is 31.1 Å². The number of amides is 16. The Balaban J connectivity index is 0.000000598. The highest BCUT2D eigenvalue weighted by Crippen LogP contribution is 2.45. The molecule has 3 aliphatic rings. The third-order valence-corrected chi connectivity index (χ3v) is 24.1. The molecule has 14 atom stereocenters. The van der Waals surface area contributed by atoms with Crippen molar-refractivity contribution in [1.82, 2.24) is 62.1 Å². The fourth-order valence-corrected chi connectivity index (χ4v) is 16.6. The molecule has 0 aromatic heterocycles. The smallest absolute Gasteiger partial charge is 0.410 e. The zero-order valence-electron chi connectivity index (χ0n) is 78.0. The Morgan fingerprint density at radius 3 is 1.65 bits per heavy atom. The normalized spacial score (nSPS) is 16.5. The Labute approximate surface area is 762 Å². The average molecular weight is 1820 g/mol. The number of primary amides is 2. The molecule has 36 nitrogen and oxygen atoms in total. The summed E-state index contributed by atoms with van der Waals surface area (Å²) in [7, 11) is 6.08. The molecule has 0 bridgehead atoms. The zero-order chi connectivity index (χ0) is 96.3. The molecule has 2 fully saturated rings. The van der Waals surface area contributed by atoms with Gasteiger partial charge in [0.25, 0.3) is 0 Å². The Bertz CT molecular complexity index is 4400. The number of carbonyl (C=O) groups is 15. The van der Waals surface area contributed by atoms with Gasteiger partial charge in [-0.15, -0.1) is 0 Å². The van der Waals surface area contributed by atoms with Gasteiger partial charge in [-0.2, -0.15) is 0 Å². The number of imide groups is 1. The largest absolute Gasteiger partial charge is 0.480 e. The third kappa shape index (κ3) is 31.5. The molecule has 0 spiro atoms. The summed E-state index contributed by atoms with van der Waals surface area (Å²) in [5, 5.41) is 44.5. The summed E-state index contributed by atoms with van der Waals surface area (Å²) >= 11 is 0. The number of alkyl carbamates (subject to hydrolysis) is 1. The van der Waals surface area contributed by atoms with Crippen molar-refractivity contribution in [2.24, 2.45) is 47.0 Å². The van der Waals surface area contributed by atoms with Crippen molar-refractivity contribution in [1.29, 1.82) is 0 Å². The van der Waals surface area contributed by atoms with Gasteiger partial charge in [0.2, 0.25) is 59.1 Å². The second-order valence-corrected chi connectivity index (χ2v) is 35.1. The van der Waals surface area contributed by atoms with Crippen LogP contribution in [0, 0.1) is 35.5 Å². The van der Waals surface area contributed by atoms with Crippen LogP contribution >= 0.6 is 0 Å². The number of aliphatic hydroxyl groups excluding tert-OH is 1. The van der Waals surface area contributed by atoms with E-state index in [0.29, 0.717) is 74.8 Å². The van der Waals surface area contributed by atoms with Crippen LogP contribution in [0.3, 0.4) is 0 Å². The van der Waals surface area contributed by atoms with Crippen LogP contribution in [0.5, 0.6) is 0 Å². The van der Waals surface area contributed by atoms with Crippen molar-refractivity contribution in [3.05, 3.63) is 125 Å². The van der Waals surface area contributed by atoms with E-state index >= 15 is 0 Å². The Kier molecular flexibility index (Phi) is 43.4. The number of nitrogens with one attached hydrogen (secondary N) is 9. The van der Waals surface area contributed by atoms with Crippen molar-refractivity contribution in [2.75, 3.05) is 66.4 Å². The van der Waals surface area contributed by atoms with Crippen LogP contribution in [-0.4, -0.2) is 247 Å². The average Bonchev–Trinajstić information content (AvgIpc) is 1.56. The number of carboxylic acid groups (broad SMARTS) is 1. The number of rotatable bonds is 49. The van der Waals surface area contributed by atoms with Crippen molar-refractivity contribution >= 4 is 95.0 Å². The molecule has 2 heterocycles. The lowest BCUT2D eigenvalue weighted by molar-refractivity contribution is -0.148. The number of nitrogens with zero attached hydrogens (tertiary/aromatic N) is 4. The molecule has 4 aromatic carbocycles. The van der Waals surface area contributed by atoms with Crippen LogP contribution < -0.4 is 59.3 Å². The number of urea groups is 2. The molecule has 0 unspecified atom stereocenters. The minimum atomic E-state index is -1.22. The van der Waals surface area contributed by atoms with E-state index in [1.807, 2.05) is 80.6 Å². The van der Waals surface area contributed by atoms with E-state index in [0.717, 1.165) is 22.3 Å². The SMILES string of the molecule is CC(C)[C@H](NC(=O)OCC1c2ccccc2-c2ccccc21)C(=O)N[C@@H](CCCNC(N)=O)C(=O)O.CC[C@H](C)[C@@H]([C@@H](CC(=O)N1CCC[C@H]1[C@H](OC)[C@@H](C)C(=O)N[C@H](C)[C@@H](O)c1ccccc1)OC)N(C)C(=O)[C@@H](NC(=O)[C@H](C(C)C)N(C)C(=O)OCc1ccc(NC(=O)[C@H](CCCNC(N)=O)NC(=O)[C@@H](NC(=O)CCCCCN2C(=O)CCC2=O)C(C)C)cc1)C(C)C. The van der Waals surface area contributed by atoms with E-state index in [4.69, 9.17) is 30.4 Å². The molecule has 716 valence electrons. The monoisotopic (exact) mass is 1810 g/mol. The first-order chi connectivity index (χ1) is 61.7. The van der Waals surface area contributed by atoms with Crippen LogP contribution in [0.15, 0.2) is 103 Å². The van der Waals surface area contributed by atoms with E-state index in [-0.39, 0.29) is 124 Å². The van der Waals surface area contributed by atoms with Gasteiger partial charge in [-0.3, -0.25) is 57.7 Å². The number of benzene rings is 4. The molecule has 130 heavy (non-hydrogen) atoms. The maximum atomic E-state index is 14.8.